The number of nitrogens with one attached hydrogen (secondary N) is 1. The van der Waals surface area contributed by atoms with E-state index in [1.165, 1.54) is 21.0 Å². The van der Waals surface area contributed by atoms with Crippen LogP contribution in [0.15, 0.2) is 18.3 Å². The normalized spacial score (nSPS) is 22.3. The number of rotatable bonds is 4. The van der Waals surface area contributed by atoms with Crippen molar-refractivity contribution in [1.82, 2.24) is 15.3 Å². The Balaban J connectivity index is 1.55. The van der Waals surface area contributed by atoms with Crippen molar-refractivity contribution >= 4 is 17.3 Å². The van der Waals surface area contributed by atoms with E-state index in [1.807, 2.05) is 11.3 Å². The highest BCUT2D eigenvalue weighted by Crippen LogP contribution is 2.40. The molecule has 0 saturated carbocycles. The largest absolute Gasteiger partial charge is 0.378 e. The molecule has 0 spiro atoms. The summed E-state index contributed by atoms with van der Waals surface area (Å²) in [5.74, 6) is 0.859. The molecule has 1 N–H and O–H groups in total. The molecule has 1 aliphatic heterocycles. The van der Waals surface area contributed by atoms with Gasteiger partial charge < -0.3 is 15.0 Å². The van der Waals surface area contributed by atoms with Crippen LogP contribution in [0.5, 0.6) is 0 Å². The summed E-state index contributed by atoms with van der Waals surface area (Å²) >= 11 is 1.87. The maximum absolute atomic E-state index is 5.45. The summed E-state index contributed by atoms with van der Waals surface area (Å²) in [6.07, 6.45) is 4.18. The molecule has 5 nitrogen and oxygen atoms in total. The highest BCUT2D eigenvalue weighted by molar-refractivity contribution is 7.11. The molecule has 26 heavy (non-hydrogen) atoms. The zero-order valence-corrected chi connectivity index (χ0v) is 16.7. The number of fused-ring (bicyclic) bond motifs is 1. The molecular weight excluding hydrogens is 344 g/mol. The zero-order valence-electron chi connectivity index (χ0n) is 15.9. The van der Waals surface area contributed by atoms with E-state index in [1.54, 1.807) is 0 Å². The van der Waals surface area contributed by atoms with E-state index in [0.29, 0.717) is 6.04 Å². The molecule has 1 fully saturated rings. The molecule has 0 aromatic carbocycles. The maximum atomic E-state index is 5.45. The number of aryl methyl sites for hydroxylation is 1. The van der Waals surface area contributed by atoms with E-state index in [9.17, 15) is 0 Å². The van der Waals surface area contributed by atoms with Gasteiger partial charge in [0.05, 0.1) is 18.9 Å². The molecule has 140 valence electrons. The summed E-state index contributed by atoms with van der Waals surface area (Å²) in [7, 11) is 0. The van der Waals surface area contributed by atoms with Crippen LogP contribution >= 0.6 is 11.3 Å². The van der Waals surface area contributed by atoms with E-state index < -0.39 is 0 Å². The summed E-state index contributed by atoms with van der Waals surface area (Å²) in [4.78, 5) is 14.6. The van der Waals surface area contributed by atoms with E-state index in [-0.39, 0.29) is 5.41 Å². The van der Waals surface area contributed by atoms with Crippen LogP contribution < -0.4 is 10.2 Å². The summed E-state index contributed by atoms with van der Waals surface area (Å²) < 4.78 is 5.45. The first-order valence-corrected chi connectivity index (χ1v) is 10.3. The van der Waals surface area contributed by atoms with Crippen molar-refractivity contribution in [3.63, 3.8) is 0 Å². The molecule has 0 radical (unpaired) electrons. The molecule has 1 saturated heterocycles. The number of hydrogen-bond donors (Lipinski definition) is 1. The average Bonchev–Trinajstić information content (AvgIpc) is 3.04. The molecule has 0 unspecified atom stereocenters. The lowest BCUT2D eigenvalue weighted by molar-refractivity contribution is 0.122. The van der Waals surface area contributed by atoms with Gasteiger partial charge in [-0.25, -0.2) is 9.97 Å². The van der Waals surface area contributed by atoms with Crippen LogP contribution in [-0.4, -0.2) is 36.3 Å². The van der Waals surface area contributed by atoms with Crippen LogP contribution in [0, 0.1) is 12.3 Å². The highest BCUT2D eigenvalue weighted by Gasteiger charge is 2.34. The van der Waals surface area contributed by atoms with E-state index in [2.05, 4.69) is 49.3 Å². The van der Waals surface area contributed by atoms with Gasteiger partial charge in [-0.05, 0) is 37.3 Å². The Morgan fingerprint density at radius 3 is 2.85 bits per heavy atom. The second-order valence-electron chi connectivity index (χ2n) is 8.16. The van der Waals surface area contributed by atoms with Crippen LogP contribution in [-0.2, 0) is 17.7 Å². The number of aromatic nitrogens is 2. The van der Waals surface area contributed by atoms with Gasteiger partial charge in [-0.1, -0.05) is 13.8 Å². The van der Waals surface area contributed by atoms with Gasteiger partial charge in [-0.3, -0.25) is 0 Å². The molecule has 1 atom stereocenters. The van der Waals surface area contributed by atoms with Gasteiger partial charge in [0.2, 0.25) is 5.95 Å². The fraction of sp³-hybridized carbons (Fsp3) is 0.600. The lowest BCUT2D eigenvalue weighted by Crippen LogP contribution is -2.38. The van der Waals surface area contributed by atoms with Crippen molar-refractivity contribution in [3.05, 3.63) is 39.3 Å². The molecular formula is C20H28N4OS. The summed E-state index contributed by atoms with van der Waals surface area (Å²) in [6.45, 7) is 11.0. The third kappa shape index (κ3) is 3.92. The smallest absolute Gasteiger partial charge is 0.225 e. The van der Waals surface area contributed by atoms with Crippen LogP contribution in [0.2, 0.25) is 0 Å². The maximum Gasteiger partial charge on any atom is 0.225 e. The van der Waals surface area contributed by atoms with Gasteiger partial charge in [0.1, 0.15) is 0 Å². The van der Waals surface area contributed by atoms with Crippen molar-refractivity contribution in [3.8, 4) is 0 Å². The Labute approximate surface area is 159 Å². The fourth-order valence-corrected chi connectivity index (χ4v) is 4.78. The van der Waals surface area contributed by atoms with Gasteiger partial charge in [-0.15, -0.1) is 11.3 Å². The Bertz CT molecular complexity index is 767. The average molecular weight is 373 g/mol. The number of ether oxygens (including phenoxy) is 1. The summed E-state index contributed by atoms with van der Waals surface area (Å²) in [5.41, 5.74) is 2.72. The van der Waals surface area contributed by atoms with Crippen molar-refractivity contribution in [1.29, 1.82) is 0 Å². The monoisotopic (exact) mass is 372 g/mol. The number of nitrogens with zero attached hydrogens (tertiary/aromatic N) is 3. The van der Waals surface area contributed by atoms with Crippen molar-refractivity contribution in [2.75, 3.05) is 31.2 Å². The van der Waals surface area contributed by atoms with Gasteiger partial charge in [0.25, 0.3) is 0 Å². The van der Waals surface area contributed by atoms with Crippen molar-refractivity contribution in [2.45, 2.75) is 46.2 Å². The molecule has 1 aliphatic carbocycles. The predicted molar refractivity (Wildman–Crippen MR) is 106 cm³/mol. The number of thiophene rings is 1. The lowest BCUT2D eigenvalue weighted by Gasteiger charge is -2.37. The van der Waals surface area contributed by atoms with Crippen LogP contribution in [0.25, 0.3) is 0 Å². The Hall–Kier alpha value is -1.50. The summed E-state index contributed by atoms with van der Waals surface area (Å²) in [5, 5.41) is 3.76. The number of hydrogen-bond acceptors (Lipinski definition) is 6. The van der Waals surface area contributed by atoms with Gasteiger partial charge >= 0.3 is 0 Å². The first kappa shape index (κ1) is 17.9. The molecule has 6 heteroatoms. The minimum absolute atomic E-state index is 0.243. The van der Waals surface area contributed by atoms with E-state index >= 15 is 0 Å². The molecule has 0 bridgehead atoms. The Morgan fingerprint density at radius 1 is 1.31 bits per heavy atom. The predicted octanol–water partition coefficient (Wildman–Crippen LogP) is 3.49. The van der Waals surface area contributed by atoms with Gasteiger partial charge in [0.15, 0.2) is 0 Å². The second kappa shape index (κ2) is 7.25. The molecule has 2 aromatic heterocycles. The van der Waals surface area contributed by atoms with E-state index in [4.69, 9.17) is 14.7 Å². The number of morpholine rings is 1. The van der Waals surface area contributed by atoms with E-state index in [0.717, 1.165) is 51.6 Å². The van der Waals surface area contributed by atoms with Gasteiger partial charge in [0, 0.05) is 47.2 Å². The van der Waals surface area contributed by atoms with Crippen LogP contribution in [0.3, 0.4) is 0 Å². The topological polar surface area (TPSA) is 50.3 Å². The first-order valence-electron chi connectivity index (χ1n) is 9.47. The Kier molecular flexibility index (Phi) is 4.99. The third-order valence-corrected chi connectivity index (χ3v) is 6.28. The van der Waals surface area contributed by atoms with Crippen molar-refractivity contribution in [2.24, 2.45) is 5.41 Å². The number of anilines is 1. The van der Waals surface area contributed by atoms with Crippen molar-refractivity contribution < 1.29 is 4.74 Å². The SMILES string of the molecule is Cc1ccc(CN[C@H]2CC(C)(C)Cc3nc(N4CCOCC4)ncc32)s1. The minimum atomic E-state index is 0.243. The summed E-state index contributed by atoms with van der Waals surface area (Å²) in [6, 6.07) is 4.73. The lowest BCUT2D eigenvalue weighted by atomic mass is 9.74. The third-order valence-electron chi connectivity index (χ3n) is 5.28. The van der Waals surface area contributed by atoms with Crippen LogP contribution in [0.4, 0.5) is 5.95 Å². The highest BCUT2D eigenvalue weighted by atomic mass is 32.1. The van der Waals surface area contributed by atoms with Crippen LogP contribution in [0.1, 0.15) is 47.3 Å². The second-order valence-corrected chi connectivity index (χ2v) is 9.53. The minimum Gasteiger partial charge on any atom is -0.378 e. The fourth-order valence-electron chi connectivity index (χ4n) is 3.94. The molecule has 4 rings (SSSR count). The van der Waals surface area contributed by atoms with Gasteiger partial charge in [-0.2, -0.15) is 0 Å². The quantitative estimate of drug-likeness (QED) is 0.890. The first-order chi connectivity index (χ1) is 12.5. The zero-order chi connectivity index (χ0) is 18.1. The standard InChI is InChI=1S/C20H28N4OS/c1-14-4-5-15(26-14)12-21-17-10-20(2,3)11-18-16(17)13-22-19(23-18)24-6-8-25-9-7-24/h4-5,13,17,21H,6-12H2,1-3H3/t17-/m0/s1. The molecule has 0 amide bonds. The molecule has 2 aliphatic rings. The Morgan fingerprint density at radius 2 is 2.12 bits per heavy atom. The molecule has 2 aromatic rings. The molecule has 3 heterocycles.